The van der Waals surface area contributed by atoms with Gasteiger partial charge in [0, 0.05) is 19.1 Å². The number of nitrogens with zero attached hydrogens (tertiary/aromatic N) is 1. The molecule has 3 saturated heterocycles. The second-order valence-corrected chi connectivity index (χ2v) is 8.18. The highest BCUT2D eigenvalue weighted by Gasteiger charge is 2.39. The van der Waals surface area contributed by atoms with Gasteiger partial charge in [0.2, 0.25) is 10.0 Å². The Morgan fingerprint density at radius 1 is 1.41 bits per heavy atom. The minimum Gasteiger partial charge on any atom is -0.299 e. The molecule has 0 saturated carbocycles. The summed E-state index contributed by atoms with van der Waals surface area (Å²) in [5.74, 6) is 0.942. The van der Waals surface area contributed by atoms with E-state index in [1.807, 2.05) is 0 Å². The Kier molecular flexibility index (Phi) is 4.52. The van der Waals surface area contributed by atoms with Crippen molar-refractivity contribution in [3.05, 3.63) is 30.1 Å². The third kappa shape index (κ3) is 3.19. The predicted octanol–water partition coefficient (Wildman–Crippen LogP) is 2.22. The molecular weight excluding hydrogens is 303 g/mol. The molecule has 1 aromatic carbocycles. The van der Waals surface area contributed by atoms with E-state index in [0.29, 0.717) is 6.54 Å². The monoisotopic (exact) mass is 326 g/mol. The third-order valence-electron chi connectivity index (χ3n) is 5.15. The number of sulfonamides is 1. The van der Waals surface area contributed by atoms with Crippen LogP contribution >= 0.6 is 0 Å². The van der Waals surface area contributed by atoms with E-state index in [0.717, 1.165) is 37.4 Å². The molecule has 0 amide bonds. The van der Waals surface area contributed by atoms with E-state index in [2.05, 4.69) is 16.5 Å². The predicted molar refractivity (Wildman–Crippen MR) is 83.5 cm³/mol. The number of halogens is 1. The van der Waals surface area contributed by atoms with Crippen LogP contribution in [-0.4, -0.2) is 39.0 Å². The van der Waals surface area contributed by atoms with Gasteiger partial charge in [0.25, 0.3) is 0 Å². The van der Waals surface area contributed by atoms with Gasteiger partial charge in [-0.3, -0.25) is 4.90 Å². The van der Waals surface area contributed by atoms with Crippen LogP contribution in [0.25, 0.3) is 0 Å². The molecule has 122 valence electrons. The Hall–Kier alpha value is -0.980. The SMILES string of the molecule is CC[C@H]1CN2CC[C@H]1C[C@@H]2CNS(=O)(=O)c1cccc(F)c1. The summed E-state index contributed by atoms with van der Waals surface area (Å²) < 4.78 is 40.4. The maximum absolute atomic E-state index is 13.2. The number of nitrogens with one attached hydrogen (secondary N) is 1. The molecule has 0 aromatic heterocycles. The summed E-state index contributed by atoms with van der Waals surface area (Å²) in [6.45, 7) is 4.78. The van der Waals surface area contributed by atoms with Crippen molar-refractivity contribution in [3.63, 3.8) is 0 Å². The zero-order valence-electron chi connectivity index (χ0n) is 12.8. The molecule has 22 heavy (non-hydrogen) atoms. The highest BCUT2D eigenvalue weighted by Crippen LogP contribution is 2.37. The van der Waals surface area contributed by atoms with E-state index in [-0.39, 0.29) is 10.9 Å². The van der Waals surface area contributed by atoms with Crippen molar-refractivity contribution < 1.29 is 12.8 Å². The lowest BCUT2D eigenvalue weighted by atomic mass is 9.74. The second kappa shape index (κ2) is 6.26. The average Bonchev–Trinajstić information content (AvgIpc) is 2.53. The molecule has 0 radical (unpaired) electrons. The van der Waals surface area contributed by atoms with Crippen molar-refractivity contribution in [1.29, 1.82) is 0 Å². The number of rotatable bonds is 5. The van der Waals surface area contributed by atoms with Crippen molar-refractivity contribution in [2.24, 2.45) is 11.8 Å². The molecule has 1 N–H and O–H groups in total. The number of hydrogen-bond donors (Lipinski definition) is 1. The van der Waals surface area contributed by atoms with Crippen LogP contribution in [0, 0.1) is 17.7 Å². The van der Waals surface area contributed by atoms with Crippen LogP contribution in [0.5, 0.6) is 0 Å². The van der Waals surface area contributed by atoms with Crippen LogP contribution in [-0.2, 0) is 10.0 Å². The normalized spacial score (nSPS) is 31.4. The first-order valence-electron chi connectivity index (χ1n) is 7.99. The van der Waals surface area contributed by atoms with Crippen molar-refractivity contribution in [1.82, 2.24) is 9.62 Å². The summed E-state index contributed by atoms with van der Waals surface area (Å²) in [6.07, 6.45) is 3.48. The molecular formula is C16H23FN2O2S. The van der Waals surface area contributed by atoms with Gasteiger partial charge in [-0.2, -0.15) is 0 Å². The molecule has 1 unspecified atom stereocenters. The van der Waals surface area contributed by atoms with Gasteiger partial charge in [-0.15, -0.1) is 0 Å². The van der Waals surface area contributed by atoms with Crippen LogP contribution in [0.3, 0.4) is 0 Å². The minimum absolute atomic E-state index is 0.00472. The number of piperidine rings is 3. The fraction of sp³-hybridized carbons (Fsp3) is 0.625. The maximum atomic E-state index is 13.2. The van der Waals surface area contributed by atoms with E-state index in [4.69, 9.17) is 0 Å². The number of hydrogen-bond acceptors (Lipinski definition) is 3. The van der Waals surface area contributed by atoms with Gasteiger partial charge >= 0.3 is 0 Å². The molecule has 1 aromatic rings. The van der Waals surface area contributed by atoms with E-state index < -0.39 is 15.8 Å². The number of benzene rings is 1. The zero-order valence-corrected chi connectivity index (χ0v) is 13.7. The van der Waals surface area contributed by atoms with E-state index in [9.17, 15) is 12.8 Å². The fourth-order valence-electron chi connectivity index (χ4n) is 3.85. The topological polar surface area (TPSA) is 49.4 Å². The standard InChI is InChI=1S/C16H23FN2O2S/c1-2-12-11-19-7-6-13(12)8-15(19)10-18-22(20,21)16-5-3-4-14(17)9-16/h3-5,9,12-13,15,18H,2,6-8,10-11H2,1H3/t12-,13-,15+/m0/s1. The highest BCUT2D eigenvalue weighted by atomic mass is 32.2. The molecule has 6 heteroatoms. The van der Waals surface area contributed by atoms with Crippen LogP contribution in [0.2, 0.25) is 0 Å². The summed E-state index contributed by atoms with van der Waals surface area (Å²) in [5, 5.41) is 0. The van der Waals surface area contributed by atoms with Gasteiger partial charge in [0.15, 0.2) is 0 Å². The highest BCUT2D eigenvalue weighted by molar-refractivity contribution is 7.89. The second-order valence-electron chi connectivity index (χ2n) is 6.41. The molecule has 3 fully saturated rings. The molecule has 4 atom stereocenters. The molecule has 3 heterocycles. The summed E-state index contributed by atoms with van der Waals surface area (Å²) in [7, 11) is -3.63. The van der Waals surface area contributed by atoms with Gasteiger partial charge in [0.1, 0.15) is 5.82 Å². The lowest BCUT2D eigenvalue weighted by molar-refractivity contribution is 0.00236. The molecule has 4 nitrogen and oxygen atoms in total. The lowest BCUT2D eigenvalue weighted by Crippen LogP contribution is -2.56. The van der Waals surface area contributed by atoms with Crippen molar-refractivity contribution in [3.8, 4) is 0 Å². The number of fused-ring (bicyclic) bond motifs is 3. The molecule has 3 aliphatic rings. The van der Waals surface area contributed by atoms with Crippen molar-refractivity contribution in [2.45, 2.75) is 37.1 Å². The van der Waals surface area contributed by atoms with Crippen molar-refractivity contribution in [2.75, 3.05) is 19.6 Å². The quantitative estimate of drug-likeness (QED) is 0.903. The smallest absolute Gasteiger partial charge is 0.240 e. The summed E-state index contributed by atoms with van der Waals surface area (Å²) >= 11 is 0. The van der Waals surface area contributed by atoms with Crippen molar-refractivity contribution >= 4 is 10.0 Å². The zero-order chi connectivity index (χ0) is 15.7. The van der Waals surface area contributed by atoms with Gasteiger partial charge in [0.05, 0.1) is 4.90 Å². The Bertz CT molecular complexity index is 635. The summed E-state index contributed by atoms with van der Waals surface area (Å²) in [5.41, 5.74) is 0. The van der Waals surface area contributed by atoms with Gasteiger partial charge in [-0.05, 0) is 49.4 Å². The Balaban J connectivity index is 1.63. The van der Waals surface area contributed by atoms with Crippen LogP contribution in [0.4, 0.5) is 4.39 Å². The first kappa shape index (κ1) is 15.9. The lowest BCUT2D eigenvalue weighted by Gasteiger charge is -2.49. The largest absolute Gasteiger partial charge is 0.299 e. The maximum Gasteiger partial charge on any atom is 0.240 e. The molecule has 0 aliphatic carbocycles. The first-order chi connectivity index (χ1) is 10.5. The van der Waals surface area contributed by atoms with E-state index in [1.165, 1.54) is 31.0 Å². The van der Waals surface area contributed by atoms with Crippen LogP contribution in [0.15, 0.2) is 29.2 Å². The van der Waals surface area contributed by atoms with Gasteiger partial charge in [-0.25, -0.2) is 17.5 Å². The Morgan fingerprint density at radius 3 is 2.86 bits per heavy atom. The van der Waals surface area contributed by atoms with Crippen LogP contribution < -0.4 is 4.72 Å². The fourth-order valence-corrected chi connectivity index (χ4v) is 4.95. The third-order valence-corrected chi connectivity index (χ3v) is 6.57. The molecule has 3 aliphatic heterocycles. The Morgan fingerprint density at radius 2 is 2.23 bits per heavy atom. The van der Waals surface area contributed by atoms with Gasteiger partial charge < -0.3 is 0 Å². The van der Waals surface area contributed by atoms with E-state index in [1.54, 1.807) is 0 Å². The first-order valence-corrected chi connectivity index (χ1v) is 9.47. The average molecular weight is 326 g/mol. The van der Waals surface area contributed by atoms with E-state index >= 15 is 0 Å². The van der Waals surface area contributed by atoms with Gasteiger partial charge in [-0.1, -0.05) is 19.4 Å². The minimum atomic E-state index is -3.63. The van der Waals surface area contributed by atoms with Crippen LogP contribution in [0.1, 0.15) is 26.2 Å². The summed E-state index contributed by atoms with van der Waals surface area (Å²) in [4.78, 5) is 2.40. The Labute approximate surface area is 131 Å². The summed E-state index contributed by atoms with van der Waals surface area (Å²) in [6, 6.07) is 5.41. The molecule has 2 bridgehead atoms. The molecule has 0 spiro atoms. The molecule has 4 rings (SSSR count).